The number of hydrogen-bond donors (Lipinski definition) is 2. The summed E-state index contributed by atoms with van der Waals surface area (Å²) in [6, 6.07) is 0.121. The number of aliphatic carboxylic acids is 1. The van der Waals surface area contributed by atoms with Crippen LogP contribution in [0.2, 0.25) is 0 Å². The van der Waals surface area contributed by atoms with E-state index in [-0.39, 0.29) is 17.4 Å². The highest BCUT2D eigenvalue weighted by atomic mass is 16.4. The van der Waals surface area contributed by atoms with Gasteiger partial charge < -0.3 is 10.8 Å². The summed E-state index contributed by atoms with van der Waals surface area (Å²) >= 11 is 0. The van der Waals surface area contributed by atoms with Crippen molar-refractivity contribution in [2.45, 2.75) is 39.2 Å². The molecule has 1 spiro atoms. The summed E-state index contributed by atoms with van der Waals surface area (Å²) in [6.45, 7) is 4.42. The van der Waals surface area contributed by atoms with E-state index in [1.807, 2.05) is 0 Å². The first-order chi connectivity index (χ1) is 6.47. The molecule has 0 heterocycles. The highest BCUT2D eigenvalue weighted by Crippen LogP contribution is 2.59. The zero-order valence-corrected chi connectivity index (χ0v) is 8.86. The Bertz CT molecular complexity index is 254. The van der Waals surface area contributed by atoms with Gasteiger partial charge in [-0.15, -0.1) is 0 Å². The Morgan fingerprint density at radius 2 is 1.86 bits per heavy atom. The quantitative estimate of drug-likeness (QED) is 0.669. The Labute approximate surface area is 84.7 Å². The minimum absolute atomic E-state index is 0.0648. The average molecular weight is 197 g/mol. The van der Waals surface area contributed by atoms with Crippen LogP contribution in [0.5, 0.6) is 0 Å². The molecule has 0 radical (unpaired) electrons. The molecule has 0 aliphatic heterocycles. The second-order valence-electron chi connectivity index (χ2n) is 5.33. The molecule has 0 bridgehead atoms. The van der Waals surface area contributed by atoms with Gasteiger partial charge in [-0.2, -0.15) is 0 Å². The smallest absolute Gasteiger partial charge is 0.307 e. The van der Waals surface area contributed by atoms with E-state index in [1.165, 1.54) is 0 Å². The van der Waals surface area contributed by atoms with Gasteiger partial charge in [-0.25, -0.2) is 0 Å². The molecule has 80 valence electrons. The van der Waals surface area contributed by atoms with Gasteiger partial charge in [-0.1, -0.05) is 13.8 Å². The van der Waals surface area contributed by atoms with E-state index in [0.29, 0.717) is 18.3 Å². The van der Waals surface area contributed by atoms with E-state index in [4.69, 9.17) is 10.8 Å². The highest BCUT2D eigenvalue weighted by Gasteiger charge is 2.60. The maximum Gasteiger partial charge on any atom is 0.307 e. The fourth-order valence-corrected chi connectivity index (χ4v) is 3.44. The van der Waals surface area contributed by atoms with Crippen LogP contribution in [0.15, 0.2) is 0 Å². The van der Waals surface area contributed by atoms with Crippen molar-refractivity contribution in [1.82, 2.24) is 0 Å². The van der Waals surface area contributed by atoms with Crippen LogP contribution in [0.4, 0.5) is 0 Å². The fourth-order valence-electron chi connectivity index (χ4n) is 3.44. The molecule has 2 saturated carbocycles. The highest BCUT2D eigenvalue weighted by molar-refractivity contribution is 5.73. The largest absolute Gasteiger partial charge is 0.481 e. The van der Waals surface area contributed by atoms with Crippen molar-refractivity contribution < 1.29 is 9.90 Å². The first-order valence-corrected chi connectivity index (χ1v) is 5.46. The van der Waals surface area contributed by atoms with Gasteiger partial charge in [0, 0.05) is 6.04 Å². The van der Waals surface area contributed by atoms with Crippen LogP contribution in [0.3, 0.4) is 0 Å². The van der Waals surface area contributed by atoms with Gasteiger partial charge in [0.05, 0.1) is 5.92 Å². The number of carboxylic acids is 1. The molecule has 0 saturated heterocycles. The lowest BCUT2D eigenvalue weighted by Gasteiger charge is -2.51. The van der Waals surface area contributed by atoms with Crippen molar-refractivity contribution in [3.63, 3.8) is 0 Å². The van der Waals surface area contributed by atoms with E-state index >= 15 is 0 Å². The van der Waals surface area contributed by atoms with Crippen molar-refractivity contribution in [3.8, 4) is 0 Å². The van der Waals surface area contributed by atoms with Crippen LogP contribution in [-0.4, -0.2) is 17.1 Å². The summed E-state index contributed by atoms with van der Waals surface area (Å²) in [6.07, 6.45) is 2.69. The number of carbonyl (C=O) groups is 1. The van der Waals surface area contributed by atoms with E-state index in [1.54, 1.807) is 0 Å². The van der Waals surface area contributed by atoms with E-state index < -0.39 is 5.97 Å². The summed E-state index contributed by atoms with van der Waals surface area (Å²) < 4.78 is 0. The second-order valence-corrected chi connectivity index (χ2v) is 5.33. The first kappa shape index (κ1) is 9.97. The Hall–Kier alpha value is -0.570. The maximum absolute atomic E-state index is 11.0. The second kappa shape index (κ2) is 2.96. The molecule has 2 aliphatic carbocycles. The summed E-state index contributed by atoms with van der Waals surface area (Å²) in [5, 5.41) is 9.09. The van der Waals surface area contributed by atoms with Crippen molar-refractivity contribution in [2.75, 3.05) is 0 Å². The Morgan fingerprint density at radius 3 is 2.21 bits per heavy atom. The van der Waals surface area contributed by atoms with Gasteiger partial charge in [0.15, 0.2) is 0 Å². The maximum atomic E-state index is 11.0. The Kier molecular flexibility index (Phi) is 2.11. The minimum atomic E-state index is -0.645. The van der Waals surface area contributed by atoms with Crippen molar-refractivity contribution >= 4 is 5.97 Å². The molecule has 14 heavy (non-hydrogen) atoms. The lowest BCUT2D eigenvalue weighted by atomic mass is 9.55. The van der Waals surface area contributed by atoms with Gasteiger partial charge >= 0.3 is 5.97 Å². The van der Waals surface area contributed by atoms with E-state index in [2.05, 4.69) is 13.8 Å². The fraction of sp³-hybridized carbons (Fsp3) is 0.909. The molecule has 4 atom stereocenters. The molecule has 0 aromatic rings. The molecular weight excluding hydrogens is 178 g/mol. The molecule has 3 N–H and O–H groups in total. The van der Waals surface area contributed by atoms with Gasteiger partial charge in [0.1, 0.15) is 0 Å². The third kappa shape index (κ3) is 1.11. The number of hydrogen-bond acceptors (Lipinski definition) is 2. The van der Waals surface area contributed by atoms with Crippen molar-refractivity contribution in [3.05, 3.63) is 0 Å². The van der Waals surface area contributed by atoms with Gasteiger partial charge in [0.2, 0.25) is 0 Å². The van der Waals surface area contributed by atoms with Crippen molar-refractivity contribution in [2.24, 2.45) is 28.9 Å². The molecule has 0 aromatic heterocycles. The summed E-state index contributed by atoms with van der Waals surface area (Å²) in [4.78, 5) is 11.0. The Morgan fingerprint density at radius 1 is 1.36 bits per heavy atom. The van der Waals surface area contributed by atoms with Crippen LogP contribution >= 0.6 is 0 Å². The summed E-state index contributed by atoms with van der Waals surface area (Å²) in [5.74, 6) is 0.435. The van der Waals surface area contributed by atoms with Gasteiger partial charge in [0.25, 0.3) is 0 Å². The third-order valence-electron chi connectivity index (χ3n) is 4.60. The summed E-state index contributed by atoms with van der Waals surface area (Å²) in [5.41, 5.74) is 5.94. The normalized spacial score (nSPS) is 51.9. The zero-order chi connectivity index (χ0) is 10.5. The van der Waals surface area contributed by atoms with Crippen LogP contribution < -0.4 is 5.73 Å². The molecule has 3 nitrogen and oxygen atoms in total. The standard InChI is InChI=1S/C11H19NO2/c1-6-4-11(5-7(6)2)8(10(13)14)3-9(11)12/h6-9H,3-5,12H2,1-2H3,(H,13,14). The first-order valence-electron chi connectivity index (χ1n) is 5.46. The molecular formula is C11H19NO2. The molecule has 0 amide bonds. The molecule has 3 heteroatoms. The Balaban J connectivity index is 2.19. The predicted molar refractivity (Wildman–Crippen MR) is 53.7 cm³/mol. The minimum Gasteiger partial charge on any atom is -0.481 e. The van der Waals surface area contributed by atoms with E-state index in [9.17, 15) is 4.79 Å². The van der Waals surface area contributed by atoms with E-state index in [0.717, 1.165) is 12.8 Å². The molecule has 2 aliphatic rings. The van der Waals surface area contributed by atoms with Gasteiger partial charge in [-0.05, 0) is 36.5 Å². The molecule has 4 unspecified atom stereocenters. The average Bonchev–Trinajstić information content (AvgIpc) is 2.41. The molecule has 2 rings (SSSR count). The molecule has 0 aromatic carbocycles. The van der Waals surface area contributed by atoms with Gasteiger partial charge in [-0.3, -0.25) is 4.79 Å². The number of carboxylic acid groups (broad SMARTS) is 1. The number of nitrogens with two attached hydrogens (primary N) is 1. The summed E-state index contributed by atoms with van der Waals surface area (Å²) in [7, 11) is 0. The third-order valence-corrected chi connectivity index (χ3v) is 4.60. The zero-order valence-electron chi connectivity index (χ0n) is 8.86. The monoisotopic (exact) mass is 197 g/mol. The van der Waals surface area contributed by atoms with Crippen LogP contribution in [0, 0.1) is 23.2 Å². The van der Waals surface area contributed by atoms with Crippen LogP contribution in [0.1, 0.15) is 33.1 Å². The lowest BCUT2D eigenvalue weighted by Crippen LogP contribution is -2.59. The van der Waals surface area contributed by atoms with Crippen molar-refractivity contribution in [1.29, 1.82) is 0 Å². The predicted octanol–water partition coefficient (Wildman–Crippen LogP) is 1.47. The molecule has 2 fully saturated rings. The lowest BCUT2D eigenvalue weighted by molar-refractivity contribution is -0.156. The number of rotatable bonds is 1. The van der Waals surface area contributed by atoms with Crippen LogP contribution in [-0.2, 0) is 4.79 Å². The SMILES string of the molecule is CC1CC2(CC1C)C(N)CC2C(=O)O. The topological polar surface area (TPSA) is 63.3 Å². The van der Waals surface area contributed by atoms with Crippen LogP contribution in [0.25, 0.3) is 0 Å².